The number of amides is 3. The summed E-state index contributed by atoms with van der Waals surface area (Å²) in [6, 6.07) is 19.1. The van der Waals surface area contributed by atoms with Gasteiger partial charge in [-0.15, -0.1) is 0 Å². The van der Waals surface area contributed by atoms with E-state index in [9.17, 15) is 19.2 Å². The van der Waals surface area contributed by atoms with Crippen LogP contribution in [-0.2, 0) is 14.3 Å². The molecule has 0 aromatic heterocycles. The maximum Gasteiger partial charge on any atom is 0.338 e. The average Bonchev–Trinajstić information content (AvgIpc) is 3.07. The van der Waals surface area contributed by atoms with Crippen molar-refractivity contribution in [3.63, 3.8) is 0 Å². The summed E-state index contributed by atoms with van der Waals surface area (Å²) in [5.41, 5.74) is 1.63. The standard InChI is InChI=1S/C27H21Cl2N3O5/c1-15(2)37-27(36)17-6-5-7-19(14-17)31-24(33)16-10-12-18(13-11-16)30-23-22(29)25(34)32(26(23)35)21-9-4-3-8-20(21)28/h3-15,30H,1-2H3,(H,31,33). The van der Waals surface area contributed by atoms with Crippen molar-refractivity contribution in [1.82, 2.24) is 0 Å². The van der Waals surface area contributed by atoms with E-state index in [1.807, 2.05) is 0 Å². The Morgan fingerprint density at radius 3 is 2.22 bits per heavy atom. The number of rotatable bonds is 7. The van der Waals surface area contributed by atoms with Gasteiger partial charge in [0.05, 0.1) is 22.4 Å². The summed E-state index contributed by atoms with van der Waals surface area (Å²) >= 11 is 12.3. The Morgan fingerprint density at radius 1 is 0.838 bits per heavy atom. The van der Waals surface area contributed by atoms with Crippen LogP contribution in [0, 0.1) is 0 Å². The van der Waals surface area contributed by atoms with Crippen LogP contribution in [-0.4, -0.2) is 29.8 Å². The lowest BCUT2D eigenvalue weighted by Gasteiger charge is -2.16. The van der Waals surface area contributed by atoms with E-state index in [-0.39, 0.29) is 27.5 Å². The predicted molar refractivity (Wildman–Crippen MR) is 142 cm³/mol. The fourth-order valence-electron chi connectivity index (χ4n) is 3.52. The highest BCUT2D eigenvalue weighted by Gasteiger charge is 2.39. The minimum atomic E-state index is -0.697. The molecule has 0 fully saturated rings. The van der Waals surface area contributed by atoms with E-state index in [4.69, 9.17) is 27.9 Å². The van der Waals surface area contributed by atoms with Crippen molar-refractivity contribution >= 4 is 64.0 Å². The van der Waals surface area contributed by atoms with Crippen LogP contribution in [0.15, 0.2) is 83.5 Å². The van der Waals surface area contributed by atoms with Crippen LogP contribution < -0.4 is 15.5 Å². The van der Waals surface area contributed by atoms with Gasteiger partial charge in [-0.25, -0.2) is 9.69 Å². The molecule has 188 valence electrons. The molecule has 0 unspecified atom stereocenters. The molecule has 3 amide bonds. The highest BCUT2D eigenvalue weighted by molar-refractivity contribution is 6.53. The van der Waals surface area contributed by atoms with E-state index in [0.717, 1.165) is 4.90 Å². The second kappa shape index (κ2) is 10.9. The number of halogens is 2. The second-order valence-corrected chi connectivity index (χ2v) is 9.06. The van der Waals surface area contributed by atoms with Crippen molar-refractivity contribution in [2.24, 2.45) is 0 Å². The molecular weight excluding hydrogens is 517 g/mol. The van der Waals surface area contributed by atoms with Gasteiger partial charge in [0, 0.05) is 16.9 Å². The number of nitrogens with one attached hydrogen (secondary N) is 2. The number of imide groups is 1. The van der Waals surface area contributed by atoms with E-state index in [1.165, 1.54) is 18.2 Å². The van der Waals surface area contributed by atoms with Crippen LogP contribution in [0.4, 0.5) is 17.1 Å². The van der Waals surface area contributed by atoms with Crippen LogP contribution in [0.25, 0.3) is 0 Å². The molecule has 1 aliphatic rings. The van der Waals surface area contributed by atoms with Crippen molar-refractivity contribution < 1.29 is 23.9 Å². The number of carbonyl (C=O) groups is 4. The van der Waals surface area contributed by atoms with E-state index in [2.05, 4.69) is 10.6 Å². The maximum atomic E-state index is 12.9. The molecule has 37 heavy (non-hydrogen) atoms. The van der Waals surface area contributed by atoms with Crippen LogP contribution in [0.3, 0.4) is 0 Å². The van der Waals surface area contributed by atoms with Gasteiger partial charge in [-0.05, 0) is 68.4 Å². The molecule has 0 spiro atoms. The molecular formula is C27H21Cl2N3O5. The average molecular weight is 538 g/mol. The van der Waals surface area contributed by atoms with Crippen molar-refractivity contribution in [3.8, 4) is 0 Å². The van der Waals surface area contributed by atoms with Crippen molar-refractivity contribution in [3.05, 3.63) is 99.7 Å². The molecule has 0 bridgehead atoms. The summed E-state index contributed by atoms with van der Waals surface area (Å²) in [5.74, 6) is -2.24. The summed E-state index contributed by atoms with van der Waals surface area (Å²) < 4.78 is 5.18. The Morgan fingerprint density at radius 2 is 1.54 bits per heavy atom. The molecule has 4 rings (SSSR count). The van der Waals surface area contributed by atoms with E-state index in [0.29, 0.717) is 22.5 Å². The number of esters is 1. The normalized spacial score (nSPS) is 13.3. The lowest BCUT2D eigenvalue weighted by molar-refractivity contribution is -0.120. The van der Waals surface area contributed by atoms with Crippen LogP contribution in [0.5, 0.6) is 0 Å². The van der Waals surface area contributed by atoms with Crippen LogP contribution in [0.2, 0.25) is 5.02 Å². The van der Waals surface area contributed by atoms with Crippen molar-refractivity contribution in [1.29, 1.82) is 0 Å². The van der Waals surface area contributed by atoms with Gasteiger partial charge >= 0.3 is 5.97 Å². The van der Waals surface area contributed by atoms with Gasteiger partial charge in [0.25, 0.3) is 17.7 Å². The Bertz CT molecular complexity index is 1430. The fourth-order valence-corrected chi connectivity index (χ4v) is 3.95. The topological polar surface area (TPSA) is 105 Å². The zero-order chi connectivity index (χ0) is 26.7. The summed E-state index contributed by atoms with van der Waals surface area (Å²) in [7, 11) is 0. The fraction of sp³-hybridized carbons (Fsp3) is 0.111. The first kappa shape index (κ1) is 25.9. The first-order chi connectivity index (χ1) is 17.7. The molecule has 10 heteroatoms. The maximum absolute atomic E-state index is 12.9. The molecule has 3 aromatic carbocycles. The van der Waals surface area contributed by atoms with Crippen LogP contribution >= 0.6 is 23.2 Å². The van der Waals surface area contributed by atoms with E-state index in [1.54, 1.807) is 68.4 Å². The quantitative estimate of drug-likeness (QED) is 0.300. The first-order valence-corrected chi connectivity index (χ1v) is 11.9. The minimum Gasteiger partial charge on any atom is -0.459 e. The van der Waals surface area contributed by atoms with Crippen molar-refractivity contribution in [2.75, 3.05) is 15.5 Å². The third kappa shape index (κ3) is 5.66. The van der Waals surface area contributed by atoms with Gasteiger partial charge in [0.1, 0.15) is 10.7 Å². The van der Waals surface area contributed by atoms with Gasteiger partial charge in [-0.1, -0.05) is 41.4 Å². The molecule has 1 aliphatic heterocycles. The zero-order valence-corrected chi connectivity index (χ0v) is 21.3. The highest BCUT2D eigenvalue weighted by Crippen LogP contribution is 2.34. The molecule has 2 N–H and O–H groups in total. The smallest absolute Gasteiger partial charge is 0.338 e. The summed E-state index contributed by atoms with van der Waals surface area (Å²) in [6.45, 7) is 3.50. The number of hydrogen-bond acceptors (Lipinski definition) is 6. The van der Waals surface area contributed by atoms with Gasteiger partial charge in [0.2, 0.25) is 0 Å². The summed E-state index contributed by atoms with van der Waals surface area (Å²) in [4.78, 5) is 51.3. The zero-order valence-electron chi connectivity index (χ0n) is 19.7. The third-order valence-electron chi connectivity index (χ3n) is 5.24. The Labute approximate surface area is 222 Å². The number of anilines is 3. The van der Waals surface area contributed by atoms with Gasteiger partial charge < -0.3 is 15.4 Å². The number of nitrogens with zero attached hydrogens (tertiary/aromatic N) is 1. The van der Waals surface area contributed by atoms with Crippen molar-refractivity contribution in [2.45, 2.75) is 20.0 Å². The summed E-state index contributed by atoms with van der Waals surface area (Å²) in [5, 5.41) is 5.54. The lowest BCUT2D eigenvalue weighted by atomic mass is 10.1. The molecule has 0 atom stereocenters. The molecule has 8 nitrogen and oxygen atoms in total. The monoisotopic (exact) mass is 537 g/mol. The minimum absolute atomic E-state index is 0.103. The number of benzene rings is 3. The Balaban J connectivity index is 1.45. The molecule has 3 aromatic rings. The van der Waals surface area contributed by atoms with Crippen LogP contribution in [0.1, 0.15) is 34.6 Å². The highest BCUT2D eigenvalue weighted by atomic mass is 35.5. The number of para-hydroxylation sites is 1. The third-order valence-corrected chi connectivity index (χ3v) is 5.91. The predicted octanol–water partition coefficient (Wildman–Crippen LogP) is 5.59. The van der Waals surface area contributed by atoms with Gasteiger partial charge in [0.15, 0.2) is 0 Å². The lowest BCUT2D eigenvalue weighted by Crippen LogP contribution is -2.32. The Hall–Kier alpha value is -4.14. The first-order valence-electron chi connectivity index (χ1n) is 11.2. The summed E-state index contributed by atoms with van der Waals surface area (Å²) in [6.07, 6.45) is -0.264. The Kier molecular flexibility index (Phi) is 7.61. The SMILES string of the molecule is CC(C)OC(=O)c1cccc(NC(=O)c2ccc(NC3=C(Cl)C(=O)N(c4ccccc4Cl)C3=O)cc2)c1. The second-order valence-electron chi connectivity index (χ2n) is 8.28. The molecule has 0 radical (unpaired) electrons. The molecule has 0 saturated carbocycles. The molecule has 0 aliphatic carbocycles. The molecule has 1 heterocycles. The number of ether oxygens (including phenoxy) is 1. The van der Waals surface area contributed by atoms with Gasteiger partial charge in [-0.2, -0.15) is 0 Å². The van der Waals surface area contributed by atoms with E-state index >= 15 is 0 Å². The van der Waals surface area contributed by atoms with E-state index < -0.39 is 23.7 Å². The number of hydrogen-bond donors (Lipinski definition) is 2. The molecule has 0 saturated heterocycles. The van der Waals surface area contributed by atoms with Gasteiger partial charge in [-0.3, -0.25) is 14.4 Å². The largest absolute Gasteiger partial charge is 0.459 e. The number of carbonyl (C=O) groups excluding carboxylic acids is 4.